The largest absolute Gasteiger partial charge is 0.352 e. The number of halogens is 1. The zero-order chi connectivity index (χ0) is 22.7. The number of rotatable bonds is 6. The molecule has 170 valence electrons. The molecule has 2 aromatic carbocycles. The Morgan fingerprint density at radius 2 is 1.75 bits per heavy atom. The molecular formula is C23H26FN3O4S. The van der Waals surface area contributed by atoms with Gasteiger partial charge in [-0.2, -0.15) is 4.31 Å². The molecule has 4 rings (SSSR count). The first-order valence-corrected chi connectivity index (χ1v) is 12.2. The van der Waals surface area contributed by atoms with Gasteiger partial charge in [0.25, 0.3) is 0 Å². The van der Waals surface area contributed by atoms with Crippen LogP contribution < -0.4 is 10.2 Å². The highest BCUT2D eigenvalue weighted by atomic mass is 32.2. The number of amides is 2. The van der Waals surface area contributed by atoms with Crippen LogP contribution in [-0.2, 0) is 26.2 Å². The van der Waals surface area contributed by atoms with E-state index in [1.54, 1.807) is 4.90 Å². The van der Waals surface area contributed by atoms with Crippen molar-refractivity contribution in [3.8, 4) is 0 Å². The van der Waals surface area contributed by atoms with Crippen molar-refractivity contribution in [2.45, 2.75) is 37.1 Å². The summed E-state index contributed by atoms with van der Waals surface area (Å²) in [5.41, 5.74) is 1.76. The number of hydrogen-bond donors (Lipinski definition) is 1. The molecule has 2 aromatic rings. The molecule has 0 bridgehead atoms. The fourth-order valence-corrected chi connectivity index (χ4v) is 5.70. The third kappa shape index (κ3) is 4.83. The van der Waals surface area contributed by atoms with Gasteiger partial charge in [0.1, 0.15) is 5.82 Å². The second-order valence-electron chi connectivity index (χ2n) is 8.19. The van der Waals surface area contributed by atoms with Gasteiger partial charge in [-0.25, -0.2) is 12.8 Å². The molecule has 1 atom stereocenters. The average Bonchev–Trinajstić information content (AvgIpc) is 3.24. The van der Waals surface area contributed by atoms with Crippen LogP contribution in [0.15, 0.2) is 53.4 Å². The molecule has 0 spiro atoms. The zero-order valence-corrected chi connectivity index (χ0v) is 18.5. The molecular weight excluding hydrogens is 433 g/mol. The SMILES string of the molecule is O=C(NCc1ccc(N2CCCC2=O)cc1)C1CCCN(S(=O)(=O)c2ccc(F)cc2)C1. The summed E-state index contributed by atoms with van der Waals surface area (Å²) < 4.78 is 40.2. The molecule has 2 heterocycles. The van der Waals surface area contributed by atoms with E-state index in [4.69, 9.17) is 0 Å². The van der Waals surface area contributed by atoms with Gasteiger partial charge in [0.2, 0.25) is 21.8 Å². The maximum Gasteiger partial charge on any atom is 0.243 e. The van der Waals surface area contributed by atoms with Gasteiger partial charge in [0.05, 0.1) is 10.8 Å². The van der Waals surface area contributed by atoms with E-state index in [-0.39, 0.29) is 23.3 Å². The van der Waals surface area contributed by atoms with E-state index in [0.717, 1.165) is 36.3 Å². The number of hydrogen-bond acceptors (Lipinski definition) is 4. The molecule has 0 aromatic heterocycles. The Morgan fingerprint density at radius 3 is 2.41 bits per heavy atom. The molecule has 1 N–H and O–H groups in total. The maximum atomic E-state index is 13.1. The number of carbonyl (C=O) groups is 2. The van der Waals surface area contributed by atoms with Crippen molar-refractivity contribution in [1.82, 2.24) is 9.62 Å². The lowest BCUT2D eigenvalue weighted by Crippen LogP contribution is -2.45. The summed E-state index contributed by atoms with van der Waals surface area (Å²) in [6.45, 7) is 1.49. The van der Waals surface area contributed by atoms with E-state index >= 15 is 0 Å². The van der Waals surface area contributed by atoms with Crippen molar-refractivity contribution in [2.75, 3.05) is 24.5 Å². The minimum absolute atomic E-state index is 0.0246. The summed E-state index contributed by atoms with van der Waals surface area (Å²) in [7, 11) is -3.78. The number of carbonyl (C=O) groups excluding carboxylic acids is 2. The molecule has 1 unspecified atom stereocenters. The van der Waals surface area contributed by atoms with Crippen LogP contribution in [0.1, 0.15) is 31.2 Å². The Kier molecular flexibility index (Phi) is 6.57. The minimum atomic E-state index is -3.78. The predicted molar refractivity (Wildman–Crippen MR) is 118 cm³/mol. The van der Waals surface area contributed by atoms with E-state index in [1.807, 2.05) is 24.3 Å². The maximum absolute atomic E-state index is 13.1. The van der Waals surface area contributed by atoms with E-state index in [0.29, 0.717) is 32.4 Å². The Labute approximate surface area is 187 Å². The van der Waals surface area contributed by atoms with Gasteiger partial charge in [0.15, 0.2) is 0 Å². The van der Waals surface area contributed by atoms with Crippen molar-refractivity contribution in [1.29, 1.82) is 0 Å². The Hall–Kier alpha value is -2.78. The van der Waals surface area contributed by atoms with Gasteiger partial charge >= 0.3 is 0 Å². The van der Waals surface area contributed by atoms with Gasteiger partial charge < -0.3 is 10.2 Å². The lowest BCUT2D eigenvalue weighted by atomic mass is 9.98. The summed E-state index contributed by atoms with van der Waals surface area (Å²) in [4.78, 5) is 26.4. The number of nitrogens with one attached hydrogen (secondary N) is 1. The lowest BCUT2D eigenvalue weighted by molar-refractivity contribution is -0.126. The smallest absolute Gasteiger partial charge is 0.243 e. The number of sulfonamides is 1. The van der Waals surface area contributed by atoms with Crippen molar-refractivity contribution < 1.29 is 22.4 Å². The van der Waals surface area contributed by atoms with Crippen LogP contribution in [0.2, 0.25) is 0 Å². The summed E-state index contributed by atoms with van der Waals surface area (Å²) in [6, 6.07) is 12.2. The molecule has 2 saturated heterocycles. The van der Waals surface area contributed by atoms with Gasteiger partial charge in [-0.1, -0.05) is 12.1 Å². The van der Waals surface area contributed by atoms with Crippen LogP contribution in [-0.4, -0.2) is 44.2 Å². The molecule has 9 heteroatoms. The van der Waals surface area contributed by atoms with Gasteiger partial charge in [-0.3, -0.25) is 9.59 Å². The molecule has 32 heavy (non-hydrogen) atoms. The predicted octanol–water partition coefficient (Wildman–Crippen LogP) is 2.67. The molecule has 0 radical (unpaired) electrons. The van der Waals surface area contributed by atoms with E-state index in [1.165, 1.54) is 16.4 Å². The van der Waals surface area contributed by atoms with Crippen molar-refractivity contribution in [3.63, 3.8) is 0 Å². The van der Waals surface area contributed by atoms with Crippen LogP contribution in [0.25, 0.3) is 0 Å². The Morgan fingerprint density at radius 1 is 1.03 bits per heavy atom. The van der Waals surface area contributed by atoms with E-state index in [2.05, 4.69) is 5.32 Å². The number of anilines is 1. The van der Waals surface area contributed by atoms with Gasteiger partial charge in [0, 0.05) is 38.3 Å². The van der Waals surface area contributed by atoms with Crippen LogP contribution in [0.3, 0.4) is 0 Å². The number of piperidine rings is 1. The average molecular weight is 460 g/mol. The monoisotopic (exact) mass is 459 g/mol. The zero-order valence-electron chi connectivity index (χ0n) is 17.7. The quantitative estimate of drug-likeness (QED) is 0.720. The fourth-order valence-electron chi connectivity index (χ4n) is 4.18. The normalized spacial score (nSPS) is 19.8. The first-order valence-electron chi connectivity index (χ1n) is 10.8. The molecule has 7 nitrogen and oxygen atoms in total. The van der Waals surface area contributed by atoms with Crippen LogP contribution in [0, 0.1) is 11.7 Å². The van der Waals surface area contributed by atoms with Crippen molar-refractivity contribution >= 4 is 27.5 Å². The van der Waals surface area contributed by atoms with Crippen molar-refractivity contribution in [3.05, 3.63) is 59.9 Å². The minimum Gasteiger partial charge on any atom is -0.352 e. The van der Waals surface area contributed by atoms with Gasteiger partial charge in [-0.15, -0.1) is 0 Å². The van der Waals surface area contributed by atoms with E-state index in [9.17, 15) is 22.4 Å². The first-order chi connectivity index (χ1) is 15.3. The van der Waals surface area contributed by atoms with Crippen molar-refractivity contribution in [2.24, 2.45) is 5.92 Å². The highest BCUT2D eigenvalue weighted by Gasteiger charge is 2.33. The first kappa shape index (κ1) is 22.4. The Bertz CT molecular complexity index is 1090. The third-order valence-corrected chi connectivity index (χ3v) is 7.87. The summed E-state index contributed by atoms with van der Waals surface area (Å²) >= 11 is 0. The topological polar surface area (TPSA) is 86.8 Å². The molecule has 0 saturated carbocycles. The lowest BCUT2D eigenvalue weighted by Gasteiger charge is -2.31. The summed E-state index contributed by atoms with van der Waals surface area (Å²) in [6.07, 6.45) is 2.63. The summed E-state index contributed by atoms with van der Waals surface area (Å²) in [5.74, 6) is -1.01. The highest BCUT2D eigenvalue weighted by Crippen LogP contribution is 2.25. The van der Waals surface area contributed by atoms with Crippen LogP contribution in [0.4, 0.5) is 10.1 Å². The molecule has 2 fully saturated rings. The van der Waals surface area contributed by atoms with Gasteiger partial charge in [-0.05, 0) is 61.2 Å². The summed E-state index contributed by atoms with van der Waals surface area (Å²) in [5, 5.41) is 2.90. The molecule has 2 aliphatic heterocycles. The second kappa shape index (κ2) is 9.38. The standard InChI is InChI=1S/C23H26FN3O4S/c24-19-7-11-21(12-8-19)32(30,31)26-13-1-3-18(16-26)23(29)25-15-17-5-9-20(10-6-17)27-14-2-4-22(27)28/h5-12,18H,1-4,13-16H2,(H,25,29). The number of benzene rings is 2. The van der Waals surface area contributed by atoms with E-state index < -0.39 is 21.8 Å². The van der Waals surface area contributed by atoms with Crippen LogP contribution in [0.5, 0.6) is 0 Å². The molecule has 0 aliphatic carbocycles. The molecule has 2 aliphatic rings. The third-order valence-electron chi connectivity index (χ3n) is 5.99. The van der Waals surface area contributed by atoms with Crippen LogP contribution >= 0.6 is 0 Å². The fraction of sp³-hybridized carbons (Fsp3) is 0.391. The Balaban J connectivity index is 1.34. The number of nitrogens with zero attached hydrogens (tertiary/aromatic N) is 2. The molecule has 2 amide bonds. The highest BCUT2D eigenvalue weighted by molar-refractivity contribution is 7.89. The second-order valence-corrected chi connectivity index (χ2v) is 10.1.